The minimum Gasteiger partial charge on any atom is -0.381 e. The van der Waals surface area contributed by atoms with Crippen molar-refractivity contribution in [1.82, 2.24) is 4.98 Å². The molecular formula is C16H12BrN3O3S. The Morgan fingerprint density at radius 1 is 1.25 bits per heavy atom. The Hall–Kier alpha value is -2.45. The quantitative estimate of drug-likeness (QED) is 0.686. The van der Waals surface area contributed by atoms with Crippen molar-refractivity contribution in [3.8, 4) is 5.19 Å². The van der Waals surface area contributed by atoms with E-state index in [2.05, 4.69) is 26.2 Å². The number of nitrogens with one attached hydrogen (secondary N) is 1. The van der Waals surface area contributed by atoms with Crippen LogP contribution in [0.1, 0.15) is 15.9 Å². The van der Waals surface area contributed by atoms with Crippen molar-refractivity contribution in [1.29, 1.82) is 0 Å². The van der Waals surface area contributed by atoms with Crippen molar-refractivity contribution in [3.63, 3.8) is 0 Å². The molecule has 6 nitrogen and oxygen atoms in total. The molecule has 8 heteroatoms. The molecule has 3 rings (SSSR count). The number of nitrogens with two attached hydrogens (primary N) is 1. The Balaban J connectivity index is 1.85. The summed E-state index contributed by atoms with van der Waals surface area (Å²) in [6, 6.07) is 10.7. The van der Waals surface area contributed by atoms with E-state index >= 15 is 0 Å². The van der Waals surface area contributed by atoms with Crippen molar-refractivity contribution in [2.24, 2.45) is 5.73 Å². The van der Waals surface area contributed by atoms with Gasteiger partial charge in [0.25, 0.3) is 11.1 Å². The molecule has 0 saturated heterocycles. The number of halogens is 1. The van der Waals surface area contributed by atoms with Crippen LogP contribution in [-0.2, 0) is 0 Å². The Kier molecular flexibility index (Phi) is 4.50. The maximum atomic E-state index is 12.4. The number of anilines is 1. The van der Waals surface area contributed by atoms with Crippen LogP contribution in [0.2, 0.25) is 0 Å². The summed E-state index contributed by atoms with van der Waals surface area (Å²) in [7, 11) is 0. The van der Waals surface area contributed by atoms with Gasteiger partial charge in [0.15, 0.2) is 0 Å². The molecule has 0 saturated carbocycles. The van der Waals surface area contributed by atoms with Gasteiger partial charge in [-0.1, -0.05) is 27.3 Å². The number of ether oxygens (including phenoxy) is 1. The van der Waals surface area contributed by atoms with Gasteiger partial charge in [0, 0.05) is 15.7 Å². The number of hydrogen-bond acceptors (Lipinski definition) is 5. The van der Waals surface area contributed by atoms with Crippen LogP contribution < -0.4 is 15.8 Å². The number of thiazole rings is 1. The third-order valence-corrected chi connectivity index (χ3v) is 4.64. The summed E-state index contributed by atoms with van der Waals surface area (Å²) in [5, 5.41) is 3.03. The molecule has 2 amide bonds. The Morgan fingerprint density at radius 2 is 2.04 bits per heavy atom. The zero-order valence-corrected chi connectivity index (χ0v) is 14.9. The number of aryl methyl sites for hydroxylation is 1. The van der Waals surface area contributed by atoms with Crippen molar-refractivity contribution in [3.05, 3.63) is 52.0 Å². The molecule has 0 fully saturated rings. The van der Waals surface area contributed by atoms with Crippen LogP contribution in [0.4, 0.5) is 10.5 Å². The van der Waals surface area contributed by atoms with Crippen LogP contribution in [0.25, 0.3) is 10.2 Å². The molecule has 0 aliphatic rings. The predicted molar refractivity (Wildman–Crippen MR) is 96.7 cm³/mol. The molecule has 0 unspecified atom stereocenters. The molecule has 1 heterocycles. The van der Waals surface area contributed by atoms with E-state index in [-0.39, 0.29) is 11.1 Å². The largest absolute Gasteiger partial charge is 0.411 e. The van der Waals surface area contributed by atoms with Crippen LogP contribution in [0.3, 0.4) is 0 Å². The fourth-order valence-electron chi connectivity index (χ4n) is 2.14. The number of carbonyl (C=O) groups excluding carboxylic acids is 2. The number of primary amides is 1. The van der Waals surface area contributed by atoms with Crippen LogP contribution in [0.5, 0.6) is 5.19 Å². The molecule has 0 atom stereocenters. The number of aromatic nitrogens is 1. The van der Waals surface area contributed by atoms with Gasteiger partial charge in [-0.05, 0) is 48.9 Å². The highest BCUT2D eigenvalue weighted by Gasteiger charge is 2.12. The number of benzene rings is 2. The van der Waals surface area contributed by atoms with E-state index in [0.29, 0.717) is 11.1 Å². The first-order valence-corrected chi connectivity index (χ1v) is 8.49. The van der Waals surface area contributed by atoms with E-state index in [0.717, 1.165) is 31.8 Å². The Bertz CT molecular complexity index is 955. The van der Waals surface area contributed by atoms with Crippen LogP contribution in [-0.4, -0.2) is 17.0 Å². The summed E-state index contributed by atoms with van der Waals surface area (Å²) in [4.78, 5) is 27.3. The average molecular weight is 406 g/mol. The van der Waals surface area contributed by atoms with Gasteiger partial charge in [0.05, 0.1) is 10.2 Å². The van der Waals surface area contributed by atoms with E-state index in [9.17, 15) is 9.59 Å². The van der Waals surface area contributed by atoms with E-state index < -0.39 is 6.09 Å². The molecule has 24 heavy (non-hydrogen) atoms. The molecule has 0 aliphatic carbocycles. The van der Waals surface area contributed by atoms with Gasteiger partial charge >= 0.3 is 6.09 Å². The Labute approximate surface area is 149 Å². The van der Waals surface area contributed by atoms with Crippen molar-refractivity contribution >= 4 is 55.2 Å². The standard InChI is InChI=1S/C16H12BrN3O3S/c1-8-6-10(17)3-5-11(8)19-14(21)9-2-4-12-13(7-9)24-16(20-12)23-15(18)22/h2-7H,1H3,(H2,18,22)(H,19,21). The first-order chi connectivity index (χ1) is 11.4. The molecular weight excluding hydrogens is 394 g/mol. The lowest BCUT2D eigenvalue weighted by molar-refractivity contribution is 0.102. The van der Waals surface area contributed by atoms with Gasteiger partial charge in [0.2, 0.25) is 0 Å². The van der Waals surface area contributed by atoms with Crippen molar-refractivity contribution < 1.29 is 14.3 Å². The smallest absolute Gasteiger partial charge is 0.381 e. The van der Waals surface area contributed by atoms with Crippen LogP contribution in [0.15, 0.2) is 40.9 Å². The lowest BCUT2D eigenvalue weighted by Gasteiger charge is -2.08. The van der Waals surface area contributed by atoms with Gasteiger partial charge in [-0.2, -0.15) is 0 Å². The van der Waals surface area contributed by atoms with Gasteiger partial charge < -0.3 is 15.8 Å². The van der Waals surface area contributed by atoms with E-state index in [4.69, 9.17) is 10.5 Å². The molecule has 0 spiro atoms. The zero-order valence-electron chi connectivity index (χ0n) is 12.5. The van der Waals surface area contributed by atoms with Gasteiger partial charge in [-0.3, -0.25) is 4.79 Å². The number of rotatable bonds is 3. The molecule has 122 valence electrons. The molecule has 0 aliphatic heterocycles. The average Bonchev–Trinajstić information content (AvgIpc) is 2.90. The number of carbonyl (C=O) groups is 2. The predicted octanol–water partition coefficient (Wildman–Crippen LogP) is 4.08. The number of nitrogens with zero attached hydrogens (tertiary/aromatic N) is 1. The van der Waals surface area contributed by atoms with Crippen molar-refractivity contribution in [2.45, 2.75) is 6.92 Å². The highest BCUT2D eigenvalue weighted by molar-refractivity contribution is 9.10. The fourth-order valence-corrected chi connectivity index (χ4v) is 3.47. The SMILES string of the molecule is Cc1cc(Br)ccc1NC(=O)c1ccc2nc(OC(N)=O)sc2c1. The highest BCUT2D eigenvalue weighted by Crippen LogP contribution is 2.29. The summed E-state index contributed by atoms with van der Waals surface area (Å²) in [5.41, 5.74) is 7.78. The first kappa shape index (κ1) is 16.4. The third-order valence-electron chi connectivity index (χ3n) is 3.26. The highest BCUT2D eigenvalue weighted by atomic mass is 79.9. The van der Waals surface area contributed by atoms with E-state index in [1.165, 1.54) is 0 Å². The second-order valence-corrected chi connectivity index (χ2v) is 6.91. The number of hydrogen-bond donors (Lipinski definition) is 2. The van der Waals surface area contributed by atoms with E-state index in [1.807, 2.05) is 25.1 Å². The second kappa shape index (κ2) is 6.58. The van der Waals surface area contributed by atoms with Crippen LogP contribution >= 0.6 is 27.3 Å². The third kappa shape index (κ3) is 3.55. The first-order valence-electron chi connectivity index (χ1n) is 6.88. The minimum atomic E-state index is -0.919. The number of amides is 2. The molecule has 0 radical (unpaired) electrons. The second-order valence-electron chi connectivity index (χ2n) is 5.00. The minimum absolute atomic E-state index is 0.152. The maximum Gasteiger partial charge on any atom is 0.411 e. The van der Waals surface area contributed by atoms with Gasteiger partial charge in [-0.25, -0.2) is 9.78 Å². The molecule has 1 aromatic heterocycles. The monoisotopic (exact) mass is 405 g/mol. The molecule has 3 aromatic rings. The summed E-state index contributed by atoms with van der Waals surface area (Å²) >= 11 is 4.54. The lowest BCUT2D eigenvalue weighted by atomic mass is 10.1. The normalized spacial score (nSPS) is 10.6. The summed E-state index contributed by atoms with van der Waals surface area (Å²) < 4.78 is 6.44. The molecule has 2 aromatic carbocycles. The fraction of sp³-hybridized carbons (Fsp3) is 0.0625. The van der Waals surface area contributed by atoms with Crippen molar-refractivity contribution in [2.75, 3.05) is 5.32 Å². The maximum absolute atomic E-state index is 12.4. The van der Waals surface area contributed by atoms with Crippen LogP contribution in [0, 0.1) is 6.92 Å². The topological polar surface area (TPSA) is 94.3 Å². The molecule has 3 N–H and O–H groups in total. The number of fused-ring (bicyclic) bond motifs is 1. The van der Waals surface area contributed by atoms with Gasteiger partial charge in [-0.15, -0.1) is 0 Å². The van der Waals surface area contributed by atoms with Gasteiger partial charge in [0.1, 0.15) is 0 Å². The summed E-state index contributed by atoms with van der Waals surface area (Å²) in [6.45, 7) is 1.92. The molecule has 0 bridgehead atoms. The van der Waals surface area contributed by atoms with E-state index in [1.54, 1.807) is 18.2 Å². The Morgan fingerprint density at radius 3 is 2.75 bits per heavy atom. The zero-order chi connectivity index (χ0) is 17.3. The summed E-state index contributed by atoms with van der Waals surface area (Å²) in [6.07, 6.45) is -0.919. The summed E-state index contributed by atoms with van der Waals surface area (Å²) in [5.74, 6) is -0.229. The lowest BCUT2D eigenvalue weighted by Crippen LogP contribution is -2.15.